The van der Waals surface area contributed by atoms with E-state index in [1.54, 1.807) is 16.9 Å². The number of tetrazole rings is 1. The summed E-state index contributed by atoms with van der Waals surface area (Å²) >= 11 is 2.91. The predicted molar refractivity (Wildman–Crippen MR) is 92.3 cm³/mol. The normalized spacial score (nSPS) is 11.2. The second-order valence-electron chi connectivity index (χ2n) is 5.03. The van der Waals surface area contributed by atoms with Crippen molar-refractivity contribution in [2.45, 2.75) is 17.5 Å². The molecule has 0 fully saturated rings. The summed E-state index contributed by atoms with van der Waals surface area (Å²) < 4.78 is 3.29. The Bertz CT molecular complexity index is 1020. The number of aromatic nitrogens is 6. The van der Waals surface area contributed by atoms with Crippen molar-refractivity contribution in [1.29, 1.82) is 0 Å². The molecule has 0 aliphatic carbocycles. The van der Waals surface area contributed by atoms with Gasteiger partial charge >= 0.3 is 0 Å². The van der Waals surface area contributed by atoms with Crippen molar-refractivity contribution in [1.82, 2.24) is 29.6 Å². The first-order valence-electron chi connectivity index (χ1n) is 7.18. The Kier molecular flexibility index (Phi) is 4.09. The van der Waals surface area contributed by atoms with Crippen LogP contribution in [0.5, 0.6) is 0 Å². The third-order valence-electron chi connectivity index (χ3n) is 3.38. The summed E-state index contributed by atoms with van der Waals surface area (Å²) in [4.78, 5) is 17.2. The van der Waals surface area contributed by atoms with E-state index in [2.05, 4.69) is 20.5 Å². The Balaban J connectivity index is 1.51. The second-order valence-corrected chi connectivity index (χ2v) is 6.85. The molecule has 0 atom stereocenters. The average molecular weight is 356 g/mol. The number of rotatable bonds is 5. The van der Waals surface area contributed by atoms with Crippen LogP contribution >= 0.6 is 23.1 Å². The highest BCUT2D eigenvalue weighted by Crippen LogP contribution is 2.20. The maximum Gasteiger partial charge on any atom is 0.258 e. The van der Waals surface area contributed by atoms with Crippen molar-refractivity contribution in [3.63, 3.8) is 0 Å². The highest BCUT2D eigenvalue weighted by atomic mass is 32.2. The van der Waals surface area contributed by atoms with E-state index < -0.39 is 0 Å². The number of benzene rings is 1. The zero-order valence-corrected chi connectivity index (χ0v) is 14.1. The second kappa shape index (κ2) is 6.54. The predicted octanol–water partition coefficient (Wildman–Crippen LogP) is 2.08. The molecule has 4 rings (SSSR count). The maximum absolute atomic E-state index is 12.0. The van der Waals surface area contributed by atoms with Gasteiger partial charge in [0.15, 0.2) is 4.96 Å². The fraction of sp³-hybridized carbons (Fsp3) is 0.133. The summed E-state index contributed by atoms with van der Waals surface area (Å²) in [7, 11) is 0. The van der Waals surface area contributed by atoms with Crippen molar-refractivity contribution in [2.75, 3.05) is 0 Å². The van der Waals surface area contributed by atoms with E-state index in [-0.39, 0.29) is 5.56 Å². The monoisotopic (exact) mass is 356 g/mol. The van der Waals surface area contributed by atoms with Gasteiger partial charge in [0.05, 0.1) is 12.2 Å². The molecule has 0 spiro atoms. The zero-order chi connectivity index (χ0) is 16.4. The van der Waals surface area contributed by atoms with E-state index in [1.165, 1.54) is 27.5 Å². The molecule has 3 aromatic heterocycles. The Morgan fingerprint density at radius 2 is 2.08 bits per heavy atom. The summed E-state index contributed by atoms with van der Waals surface area (Å²) in [5.41, 5.74) is 1.78. The molecular weight excluding hydrogens is 344 g/mol. The molecule has 0 radical (unpaired) electrons. The molecule has 0 aliphatic rings. The van der Waals surface area contributed by atoms with Crippen LogP contribution in [0.2, 0.25) is 0 Å². The van der Waals surface area contributed by atoms with Gasteiger partial charge in [-0.2, -0.15) is 0 Å². The first-order chi connectivity index (χ1) is 11.8. The molecule has 0 saturated carbocycles. The Labute approximate surface area is 145 Å². The molecular formula is C15H12N6OS2. The fourth-order valence-electron chi connectivity index (χ4n) is 2.26. The van der Waals surface area contributed by atoms with Crippen molar-refractivity contribution < 1.29 is 0 Å². The highest BCUT2D eigenvalue weighted by Gasteiger charge is 2.10. The summed E-state index contributed by atoms with van der Waals surface area (Å²) in [5.74, 6) is 0.540. The Hall–Kier alpha value is -2.52. The smallest absolute Gasteiger partial charge is 0.258 e. The van der Waals surface area contributed by atoms with Crippen molar-refractivity contribution in [3.05, 3.63) is 69.6 Å². The number of thiazole rings is 1. The molecule has 7 nitrogen and oxygen atoms in total. The van der Waals surface area contributed by atoms with Gasteiger partial charge in [-0.15, -0.1) is 16.4 Å². The molecule has 0 unspecified atom stereocenters. The Morgan fingerprint density at radius 1 is 1.21 bits per heavy atom. The lowest BCUT2D eigenvalue weighted by molar-refractivity contribution is 0.603. The van der Waals surface area contributed by atoms with Crippen LogP contribution in [0.15, 0.2) is 57.9 Å². The fourth-order valence-corrected chi connectivity index (χ4v) is 3.76. The molecule has 120 valence electrons. The molecule has 0 saturated heterocycles. The SMILES string of the molecule is O=c1cc(CSc2nnnn2Cc2ccccc2)nc2sccn12. The molecule has 4 aromatic rings. The van der Waals surface area contributed by atoms with Gasteiger partial charge in [0.25, 0.3) is 5.56 Å². The lowest BCUT2D eigenvalue weighted by Crippen LogP contribution is -2.12. The zero-order valence-electron chi connectivity index (χ0n) is 12.4. The van der Waals surface area contributed by atoms with Gasteiger partial charge in [0.1, 0.15) is 0 Å². The minimum Gasteiger partial charge on any atom is -0.269 e. The van der Waals surface area contributed by atoms with Crippen LogP contribution in [0.3, 0.4) is 0 Å². The van der Waals surface area contributed by atoms with Crippen LogP contribution in [-0.2, 0) is 12.3 Å². The molecule has 0 aliphatic heterocycles. The van der Waals surface area contributed by atoms with Crippen LogP contribution in [0, 0.1) is 0 Å². The number of thioether (sulfide) groups is 1. The molecule has 0 bridgehead atoms. The molecule has 3 heterocycles. The summed E-state index contributed by atoms with van der Waals surface area (Å²) in [6.45, 7) is 0.607. The van der Waals surface area contributed by atoms with Crippen LogP contribution < -0.4 is 5.56 Å². The van der Waals surface area contributed by atoms with Gasteiger partial charge in [-0.05, 0) is 16.0 Å². The minimum atomic E-state index is -0.0688. The molecule has 24 heavy (non-hydrogen) atoms. The van der Waals surface area contributed by atoms with E-state index in [9.17, 15) is 4.79 Å². The highest BCUT2D eigenvalue weighted by molar-refractivity contribution is 7.98. The van der Waals surface area contributed by atoms with Gasteiger partial charge in [0.2, 0.25) is 5.16 Å². The molecule has 1 aromatic carbocycles. The molecule has 0 N–H and O–H groups in total. The third-order valence-corrected chi connectivity index (χ3v) is 5.13. The van der Waals surface area contributed by atoms with Gasteiger partial charge in [-0.3, -0.25) is 9.20 Å². The molecule has 9 heteroatoms. The maximum atomic E-state index is 12.0. The van der Waals surface area contributed by atoms with Crippen LogP contribution in [-0.4, -0.2) is 29.6 Å². The van der Waals surface area contributed by atoms with E-state index in [0.29, 0.717) is 22.4 Å². The summed E-state index contributed by atoms with van der Waals surface area (Å²) in [6, 6.07) is 11.6. The van der Waals surface area contributed by atoms with Gasteiger partial charge in [-0.25, -0.2) is 9.67 Å². The van der Waals surface area contributed by atoms with Gasteiger partial charge < -0.3 is 0 Å². The van der Waals surface area contributed by atoms with E-state index in [4.69, 9.17) is 0 Å². The first-order valence-corrected chi connectivity index (χ1v) is 9.05. The van der Waals surface area contributed by atoms with Crippen molar-refractivity contribution in [3.8, 4) is 0 Å². The first kappa shape index (κ1) is 15.0. The van der Waals surface area contributed by atoms with Gasteiger partial charge in [-0.1, -0.05) is 42.1 Å². The lowest BCUT2D eigenvalue weighted by atomic mass is 10.2. The van der Waals surface area contributed by atoms with Crippen molar-refractivity contribution in [2.24, 2.45) is 0 Å². The summed E-state index contributed by atoms with van der Waals surface area (Å²) in [5, 5.41) is 14.4. The third kappa shape index (κ3) is 3.08. The van der Waals surface area contributed by atoms with Crippen LogP contribution in [0.1, 0.15) is 11.3 Å². The average Bonchev–Trinajstić information content (AvgIpc) is 3.23. The van der Waals surface area contributed by atoms with Gasteiger partial charge in [0, 0.05) is 23.4 Å². The van der Waals surface area contributed by atoms with E-state index in [0.717, 1.165) is 11.3 Å². The number of nitrogens with zero attached hydrogens (tertiary/aromatic N) is 6. The lowest BCUT2D eigenvalue weighted by Gasteiger charge is -2.04. The number of fused-ring (bicyclic) bond motifs is 1. The largest absolute Gasteiger partial charge is 0.269 e. The van der Waals surface area contributed by atoms with E-state index >= 15 is 0 Å². The number of hydrogen-bond donors (Lipinski definition) is 0. The van der Waals surface area contributed by atoms with Crippen LogP contribution in [0.4, 0.5) is 0 Å². The summed E-state index contributed by atoms with van der Waals surface area (Å²) in [6.07, 6.45) is 1.73. The van der Waals surface area contributed by atoms with Crippen molar-refractivity contribution >= 4 is 28.1 Å². The molecule has 0 amide bonds. The quantitative estimate of drug-likeness (QED) is 0.510. The number of hydrogen-bond acceptors (Lipinski definition) is 7. The topological polar surface area (TPSA) is 78.0 Å². The van der Waals surface area contributed by atoms with E-state index in [1.807, 2.05) is 35.7 Å². The minimum absolute atomic E-state index is 0.0688. The standard InChI is InChI=1S/C15H12N6OS2/c22-13-8-12(16-14-20(13)6-7-23-14)10-24-15-17-18-19-21(15)9-11-4-2-1-3-5-11/h1-8H,9-10H2. The van der Waals surface area contributed by atoms with Crippen LogP contribution in [0.25, 0.3) is 4.96 Å². The Morgan fingerprint density at radius 3 is 2.96 bits per heavy atom.